The standard InChI is InChI=1S/C19H29N3O3/c1-14(16-4-3-9-20-13-16)12-18(23)21-10-11-22-19(24)15-5-7-17(25-2)8-6-15/h5-8,14,16,20H,3-4,9-13H2,1-2H3,(H,21,23)(H,22,24). The number of nitrogens with one attached hydrogen (secondary N) is 3. The Morgan fingerprint density at radius 1 is 1.24 bits per heavy atom. The van der Waals surface area contributed by atoms with E-state index in [0.717, 1.165) is 13.1 Å². The molecule has 0 spiro atoms. The van der Waals surface area contributed by atoms with Gasteiger partial charge in [-0.3, -0.25) is 9.59 Å². The van der Waals surface area contributed by atoms with Crippen molar-refractivity contribution < 1.29 is 14.3 Å². The molecule has 1 aliphatic rings. The Labute approximate surface area is 149 Å². The van der Waals surface area contributed by atoms with E-state index in [1.165, 1.54) is 12.8 Å². The van der Waals surface area contributed by atoms with Crippen molar-refractivity contribution in [3.8, 4) is 5.75 Å². The van der Waals surface area contributed by atoms with Crippen LogP contribution in [0.3, 0.4) is 0 Å². The highest BCUT2D eigenvalue weighted by Gasteiger charge is 2.21. The molecule has 1 aromatic carbocycles. The smallest absolute Gasteiger partial charge is 0.251 e. The first-order valence-corrected chi connectivity index (χ1v) is 9.00. The fraction of sp³-hybridized carbons (Fsp3) is 0.579. The monoisotopic (exact) mass is 347 g/mol. The molecule has 2 atom stereocenters. The zero-order valence-electron chi connectivity index (χ0n) is 15.1. The van der Waals surface area contributed by atoms with Gasteiger partial charge in [0.25, 0.3) is 5.91 Å². The van der Waals surface area contributed by atoms with Gasteiger partial charge < -0.3 is 20.7 Å². The van der Waals surface area contributed by atoms with E-state index >= 15 is 0 Å². The maximum atomic E-state index is 12.0. The van der Waals surface area contributed by atoms with E-state index in [-0.39, 0.29) is 11.8 Å². The second-order valence-electron chi connectivity index (χ2n) is 6.62. The fourth-order valence-corrected chi connectivity index (χ4v) is 3.12. The molecule has 0 saturated carbocycles. The first kappa shape index (κ1) is 19.2. The quantitative estimate of drug-likeness (QED) is 0.624. The second-order valence-corrected chi connectivity index (χ2v) is 6.62. The van der Waals surface area contributed by atoms with Crippen molar-refractivity contribution in [3.63, 3.8) is 0 Å². The molecule has 2 unspecified atom stereocenters. The van der Waals surface area contributed by atoms with Crippen LogP contribution in [0.5, 0.6) is 5.75 Å². The number of rotatable bonds is 8. The van der Waals surface area contributed by atoms with Gasteiger partial charge in [0.05, 0.1) is 7.11 Å². The number of hydrogen-bond acceptors (Lipinski definition) is 4. The molecule has 3 N–H and O–H groups in total. The number of piperidine rings is 1. The van der Waals surface area contributed by atoms with Crippen LogP contribution in [0.25, 0.3) is 0 Å². The molecule has 1 aliphatic heterocycles. The van der Waals surface area contributed by atoms with Crippen LogP contribution in [-0.2, 0) is 4.79 Å². The summed E-state index contributed by atoms with van der Waals surface area (Å²) >= 11 is 0. The van der Waals surface area contributed by atoms with Crippen molar-refractivity contribution in [1.82, 2.24) is 16.0 Å². The molecule has 1 heterocycles. The van der Waals surface area contributed by atoms with Crippen molar-refractivity contribution in [1.29, 1.82) is 0 Å². The maximum Gasteiger partial charge on any atom is 0.251 e. The van der Waals surface area contributed by atoms with Crippen molar-refractivity contribution in [2.45, 2.75) is 26.2 Å². The van der Waals surface area contributed by atoms with Crippen molar-refractivity contribution in [2.24, 2.45) is 11.8 Å². The summed E-state index contributed by atoms with van der Waals surface area (Å²) in [7, 11) is 1.59. The molecule has 0 bridgehead atoms. The van der Waals surface area contributed by atoms with Gasteiger partial charge in [0.2, 0.25) is 5.91 Å². The van der Waals surface area contributed by atoms with Crippen LogP contribution in [-0.4, -0.2) is 45.1 Å². The average molecular weight is 347 g/mol. The Balaban J connectivity index is 1.62. The number of amides is 2. The molecule has 0 radical (unpaired) electrons. The summed E-state index contributed by atoms with van der Waals surface area (Å²) in [6, 6.07) is 6.93. The third-order valence-electron chi connectivity index (χ3n) is 4.73. The maximum absolute atomic E-state index is 12.0. The largest absolute Gasteiger partial charge is 0.497 e. The number of carbonyl (C=O) groups is 2. The molecule has 138 valence electrons. The van der Waals surface area contributed by atoms with E-state index in [1.54, 1.807) is 31.4 Å². The molecule has 0 aliphatic carbocycles. The zero-order valence-corrected chi connectivity index (χ0v) is 15.1. The van der Waals surface area contributed by atoms with Gasteiger partial charge in [0, 0.05) is 25.1 Å². The minimum Gasteiger partial charge on any atom is -0.497 e. The Bertz CT molecular complexity index is 554. The van der Waals surface area contributed by atoms with Gasteiger partial charge in [-0.15, -0.1) is 0 Å². The Hall–Kier alpha value is -2.08. The van der Waals surface area contributed by atoms with Gasteiger partial charge >= 0.3 is 0 Å². The molecule has 1 saturated heterocycles. The van der Waals surface area contributed by atoms with Gasteiger partial charge in [0.1, 0.15) is 5.75 Å². The Morgan fingerprint density at radius 3 is 2.60 bits per heavy atom. The van der Waals surface area contributed by atoms with Gasteiger partial charge in [-0.05, 0) is 62.0 Å². The topological polar surface area (TPSA) is 79.5 Å². The third kappa shape index (κ3) is 6.38. The summed E-state index contributed by atoms with van der Waals surface area (Å²) in [4.78, 5) is 24.0. The minimum absolute atomic E-state index is 0.0526. The fourth-order valence-electron chi connectivity index (χ4n) is 3.12. The average Bonchev–Trinajstić information content (AvgIpc) is 2.65. The summed E-state index contributed by atoms with van der Waals surface area (Å²) in [5, 5.41) is 9.08. The highest BCUT2D eigenvalue weighted by molar-refractivity contribution is 5.94. The molecular weight excluding hydrogens is 318 g/mol. The summed E-state index contributed by atoms with van der Waals surface area (Å²) < 4.78 is 5.07. The zero-order chi connectivity index (χ0) is 18.1. The predicted octanol–water partition coefficient (Wildman–Crippen LogP) is 1.57. The van der Waals surface area contributed by atoms with Gasteiger partial charge in [0.15, 0.2) is 0 Å². The van der Waals surface area contributed by atoms with Crippen molar-refractivity contribution in [2.75, 3.05) is 33.3 Å². The van der Waals surface area contributed by atoms with E-state index in [2.05, 4.69) is 22.9 Å². The Morgan fingerprint density at radius 2 is 1.96 bits per heavy atom. The lowest BCUT2D eigenvalue weighted by Gasteiger charge is -2.28. The lowest BCUT2D eigenvalue weighted by atomic mass is 9.85. The number of hydrogen-bond donors (Lipinski definition) is 3. The summed E-state index contributed by atoms with van der Waals surface area (Å²) in [5.74, 6) is 1.57. The lowest BCUT2D eigenvalue weighted by molar-refractivity contribution is -0.122. The van der Waals surface area contributed by atoms with Crippen LogP contribution in [0.4, 0.5) is 0 Å². The van der Waals surface area contributed by atoms with Crippen molar-refractivity contribution in [3.05, 3.63) is 29.8 Å². The van der Waals surface area contributed by atoms with E-state index in [0.29, 0.717) is 42.7 Å². The Kier molecular flexibility index (Phi) is 7.73. The van der Waals surface area contributed by atoms with E-state index in [9.17, 15) is 9.59 Å². The van der Waals surface area contributed by atoms with Crippen LogP contribution in [0, 0.1) is 11.8 Å². The summed E-state index contributed by atoms with van der Waals surface area (Å²) in [5.41, 5.74) is 0.575. The molecule has 25 heavy (non-hydrogen) atoms. The van der Waals surface area contributed by atoms with Crippen LogP contribution in [0.2, 0.25) is 0 Å². The molecule has 1 fully saturated rings. The van der Waals surface area contributed by atoms with Crippen LogP contribution >= 0.6 is 0 Å². The van der Waals surface area contributed by atoms with Crippen LogP contribution in [0.15, 0.2) is 24.3 Å². The second kappa shape index (κ2) is 10.0. The van der Waals surface area contributed by atoms with Crippen molar-refractivity contribution >= 4 is 11.8 Å². The SMILES string of the molecule is COc1ccc(C(=O)NCCNC(=O)CC(C)C2CCCNC2)cc1. The summed E-state index contributed by atoms with van der Waals surface area (Å²) in [6.45, 7) is 5.09. The van der Waals surface area contributed by atoms with Gasteiger partial charge in [-0.2, -0.15) is 0 Å². The van der Waals surface area contributed by atoms with Crippen LogP contribution in [0.1, 0.15) is 36.5 Å². The molecular formula is C19H29N3O3. The number of benzene rings is 1. The predicted molar refractivity (Wildman–Crippen MR) is 97.7 cm³/mol. The first-order chi connectivity index (χ1) is 12.1. The minimum atomic E-state index is -0.154. The molecule has 6 nitrogen and oxygen atoms in total. The lowest BCUT2D eigenvalue weighted by Crippen LogP contribution is -2.37. The molecule has 2 amide bonds. The first-order valence-electron chi connectivity index (χ1n) is 9.00. The summed E-state index contributed by atoms with van der Waals surface area (Å²) in [6.07, 6.45) is 2.92. The molecule has 1 aromatic rings. The number of methoxy groups -OCH3 is 1. The highest BCUT2D eigenvalue weighted by Crippen LogP contribution is 2.22. The molecule has 0 aromatic heterocycles. The van der Waals surface area contributed by atoms with Crippen LogP contribution < -0.4 is 20.7 Å². The molecule has 6 heteroatoms. The van der Waals surface area contributed by atoms with E-state index in [1.807, 2.05) is 0 Å². The molecule has 2 rings (SSSR count). The third-order valence-corrected chi connectivity index (χ3v) is 4.73. The normalized spacial score (nSPS) is 18.2. The van der Waals surface area contributed by atoms with E-state index < -0.39 is 0 Å². The highest BCUT2D eigenvalue weighted by atomic mass is 16.5. The number of ether oxygens (including phenoxy) is 1. The van der Waals surface area contributed by atoms with E-state index in [4.69, 9.17) is 4.74 Å². The van der Waals surface area contributed by atoms with Gasteiger partial charge in [-0.25, -0.2) is 0 Å². The van der Waals surface area contributed by atoms with Gasteiger partial charge in [-0.1, -0.05) is 6.92 Å². The number of carbonyl (C=O) groups excluding carboxylic acids is 2.